The van der Waals surface area contributed by atoms with Gasteiger partial charge in [0.05, 0.1) is 11.1 Å². The SMILES string of the molecule is C.[HH].c1ccc(-c2ccc(N(c3ccccc3)c3cc(-c4ccc5c(c4)C4(c6ccccc6-5)c5ccccc5-c5c(N(c6ccccc6)c6ccc(-c7ccccc7)cc6)cccc54)cc(N(c4ccccc4)c4ccc(-c5ccccc5)cc4)c3)cc2)cc1. The first-order valence-corrected chi connectivity index (χ1v) is 30.3. The van der Waals surface area contributed by atoms with Gasteiger partial charge in [0.1, 0.15) is 0 Å². The third kappa shape index (κ3) is 9.49. The van der Waals surface area contributed by atoms with E-state index in [9.17, 15) is 0 Å². The molecule has 2 aliphatic carbocycles. The number of benzene rings is 14. The van der Waals surface area contributed by atoms with Crippen molar-refractivity contribution >= 4 is 51.2 Å². The van der Waals surface area contributed by atoms with Crippen molar-refractivity contribution in [1.82, 2.24) is 0 Å². The van der Waals surface area contributed by atoms with Gasteiger partial charge in [0, 0.05) is 52.5 Å². The fourth-order valence-electron chi connectivity index (χ4n) is 13.9. The minimum Gasteiger partial charge on any atom is -0.310 e. The predicted octanol–water partition coefficient (Wildman–Crippen LogP) is 24.0. The van der Waals surface area contributed by atoms with Crippen molar-refractivity contribution in [1.29, 1.82) is 0 Å². The van der Waals surface area contributed by atoms with Crippen LogP contribution >= 0.6 is 0 Å². The van der Waals surface area contributed by atoms with Crippen LogP contribution in [0.15, 0.2) is 358 Å². The summed E-state index contributed by atoms with van der Waals surface area (Å²) in [6.07, 6.45) is 0. The number of anilines is 9. The molecular formula is C86H65N3. The van der Waals surface area contributed by atoms with Crippen LogP contribution in [0, 0.1) is 0 Å². The normalized spacial score (nSPS) is 13.1. The van der Waals surface area contributed by atoms with E-state index >= 15 is 0 Å². The van der Waals surface area contributed by atoms with Crippen molar-refractivity contribution < 1.29 is 1.43 Å². The van der Waals surface area contributed by atoms with Crippen LogP contribution in [0.4, 0.5) is 51.2 Å². The van der Waals surface area contributed by atoms with Gasteiger partial charge in [-0.05, 0) is 187 Å². The lowest BCUT2D eigenvalue weighted by molar-refractivity contribution is 0.794. The Bertz CT molecular complexity index is 4670. The van der Waals surface area contributed by atoms with Crippen molar-refractivity contribution in [2.45, 2.75) is 12.8 Å². The number of para-hydroxylation sites is 3. The van der Waals surface area contributed by atoms with Crippen molar-refractivity contribution in [2.24, 2.45) is 0 Å². The number of nitrogens with zero attached hydrogens (tertiary/aromatic N) is 3. The zero-order valence-corrected chi connectivity index (χ0v) is 48.4. The number of hydrogen-bond acceptors (Lipinski definition) is 3. The van der Waals surface area contributed by atoms with E-state index in [1.807, 2.05) is 0 Å². The zero-order valence-electron chi connectivity index (χ0n) is 48.4. The van der Waals surface area contributed by atoms with E-state index < -0.39 is 5.41 Å². The van der Waals surface area contributed by atoms with Gasteiger partial charge < -0.3 is 14.7 Å². The average molecular weight is 1140 g/mol. The fourth-order valence-corrected chi connectivity index (χ4v) is 13.9. The zero-order chi connectivity index (χ0) is 58.4. The second-order valence-corrected chi connectivity index (χ2v) is 22.8. The highest BCUT2D eigenvalue weighted by Gasteiger charge is 2.52. The van der Waals surface area contributed by atoms with Crippen LogP contribution in [0.5, 0.6) is 0 Å². The highest BCUT2D eigenvalue weighted by molar-refractivity contribution is 6.02. The topological polar surface area (TPSA) is 9.72 Å². The summed E-state index contributed by atoms with van der Waals surface area (Å²) in [5, 5.41) is 0. The van der Waals surface area contributed by atoms with Crippen LogP contribution in [0.1, 0.15) is 31.1 Å². The Balaban J connectivity index is 0.00000354. The molecule has 0 saturated heterocycles. The molecule has 0 N–H and O–H groups in total. The molecule has 0 radical (unpaired) electrons. The van der Waals surface area contributed by atoms with Crippen LogP contribution in [0.2, 0.25) is 0 Å². The van der Waals surface area contributed by atoms with Gasteiger partial charge in [0.25, 0.3) is 0 Å². The van der Waals surface area contributed by atoms with E-state index in [4.69, 9.17) is 0 Å². The summed E-state index contributed by atoms with van der Waals surface area (Å²) in [7, 11) is 0. The monoisotopic (exact) mass is 1140 g/mol. The third-order valence-electron chi connectivity index (χ3n) is 17.8. The molecule has 14 aromatic carbocycles. The average Bonchev–Trinajstić information content (AvgIpc) is 1.51. The summed E-state index contributed by atoms with van der Waals surface area (Å²) in [6.45, 7) is 0. The van der Waals surface area contributed by atoms with Crippen molar-refractivity contribution in [3.8, 4) is 66.8 Å². The molecule has 424 valence electrons. The molecule has 89 heavy (non-hydrogen) atoms. The Labute approximate surface area is 524 Å². The fraction of sp³-hybridized carbons (Fsp3) is 0.0233. The summed E-state index contributed by atoms with van der Waals surface area (Å²) in [6, 6.07) is 131. The van der Waals surface area contributed by atoms with E-state index in [1.54, 1.807) is 0 Å². The molecule has 0 bridgehead atoms. The van der Waals surface area contributed by atoms with E-state index in [2.05, 4.69) is 373 Å². The Morgan fingerprint density at radius 1 is 0.191 bits per heavy atom. The summed E-state index contributed by atoms with van der Waals surface area (Å²) in [5.74, 6) is 0. The molecule has 14 aromatic rings. The van der Waals surface area contributed by atoms with Gasteiger partial charge in [-0.25, -0.2) is 0 Å². The second kappa shape index (κ2) is 23.1. The smallest absolute Gasteiger partial charge is 0.0726 e. The highest BCUT2D eigenvalue weighted by Crippen LogP contribution is 2.65. The van der Waals surface area contributed by atoms with Crippen molar-refractivity contribution in [2.75, 3.05) is 14.7 Å². The van der Waals surface area contributed by atoms with Crippen LogP contribution in [-0.4, -0.2) is 0 Å². The number of fused-ring (bicyclic) bond motifs is 10. The summed E-state index contributed by atoms with van der Waals surface area (Å²) in [5.41, 5.74) is 28.4. The standard InChI is InChI=1S/C85H59N3.CH4.H2/c1-7-24-60(25-8-1)63-42-49-71(50-43-63)86(68-30-13-4-14-31-68)74-56-67(57-75(59-74)87(69-32-15-5-16-33-69)72-51-44-64(45-52-72)61-26-9-2-10-27-61)66-48-55-77-76-36-19-21-38-79(76)85(82(77)58-66)80-39-22-20-37-78(80)84-81(85)40-23-41-83(84)88(70-34-17-6-18-35-70)73-53-46-65(47-54-73)62-28-11-3-12-29-62;;/h1-59H;1H4;1H. The van der Waals surface area contributed by atoms with E-state index in [0.717, 1.165) is 62.3 Å². The maximum absolute atomic E-state index is 2.52. The van der Waals surface area contributed by atoms with Crippen LogP contribution in [0.25, 0.3) is 66.8 Å². The molecule has 2 aliphatic rings. The first kappa shape index (κ1) is 54.2. The summed E-state index contributed by atoms with van der Waals surface area (Å²) < 4.78 is 0. The van der Waals surface area contributed by atoms with Gasteiger partial charge in [-0.1, -0.05) is 262 Å². The molecule has 3 nitrogen and oxygen atoms in total. The first-order valence-electron chi connectivity index (χ1n) is 30.3. The van der Waals surface area contributed by atoms with E-state index in [1.165, 1.54) is 77.9 Å². The summed E-state index contributed by atoms with van der Waals surface area (Å²) >= 11 is 0. The largest absolute Gasteiger partial charge is 0.310 e. The van der Waals surface area contributed by atoms with Gasteiger partial charge in [-0.3, -0.25) is 0 Å². The molecule has 0 amide bonds. The second-order valence-electron chi connectivity index (χ2n) is 22.8. The molecular weight excluding hydrogens is 1070 g/mol. The van der Waals surface area contributed by atoms with Crippen LogP contribution < -0.4 is 14.7 Å². The maximum atomic E-state index is 2.52. The maximum Gasteiger partial charge on any atom is 0.0726 e. The molecule has 0 aliphatic heterocycles. The third-order valence-corrected chi connectivity index (χ3v) is 17.8. The minimum absolute atomic E-state index is 0. The van der Waals surface area contributed by atoms with E-state index in [0.29, 0.717) is 0 Å². The van der Waals surface area contributed by atoms with E-state index in [-0.39, 0.29) is 8.85 Å². The Hall–Kier alpha value is -11.5. The quantitative estimate of drug-likeness (QED) is 0.114. The lowest BCUT2D eigenvalue weighted by atomic mass is 9.70. The highest BCUT2D eigenvalue weighted by atomic mass is 15.2. The Morgan fingerprint density at radius 3 is 0.978 bits per heavy atom. The molecule has 1 atom stereocenters. The van der Waals surface area contributed by atoms with Gasteiger partial charge in [0.2, 0.25) is 0 Å². The molecule has 16 rings (SSSR count). The minimum atomic E-state index is -0.642. The molecule has 0 saturated carbocycles. The Kier molecular flexibility index (Phi) is 14.0. The summed E-state index contributed by atoms with van der Waals surface area (Å²) in [4.78, 5) is 7.27. The molecule has 0 aromatic heterocycles. The number of rotatable bonds is 13. The molecule has 0 fully saturated rings. The molecule has 1 spiro atoms. The van der Waals surface area contributed by atoms with Gasteiger partial charge in [-0.15, -0.1) is 0 Å². The van der Waals surface area contributed by atoms with Crippen molar-refractivity contribution in [3.63, 3.8) is 0 Å². The molecule has 1 unspecified atom stereocenters. The lowest BCUT2D eigenvalue weighted by Crippen LogP contribution is -2.26. The molecule has 0 heterocycles. The predicted molar refractivity (Wildman–Crippen MR) is 377 cm³/mol. The molecule has 3 heteroatoms. The lowest BCUT2D eigenvalue weighted by Gasteiger charge is -2.32. The van der Waals surface area contributed by atoms with Gasteiger partial charge in [-0.2, -0.15) is 0 Å². The van der Waals surface area contributed by atoms with Crippen molar-refractivity contribution in [3.05, 3.63) is 380 Å². The Morgan fingerprint density at radius 2 is 0.517 bits per heavy atom. The van der Waals surface area contributed by atoms with Crippen LogP contribution in [-0.2, 0) is 5.41 Å². The van der Waals surface area contributed by atoms with Crippen LogP contribution in [0.3, 0.4) is 0 Å². The van der Waals surface area contributed by atoms with Gasteiger partial charge in [0.15, 0.2) is 0 Å². The number of hydrogen-bond donors (Lipinski definition) is 0. The van der Waals surface area contributed by atoms with Gasteiger partial charge >= 0.3 is 0 Å². The first-order chi connectivity index (χ1) is 43.7.